The molecule has 0 aliphatic rings. The molecule has 1 aromatic rings. The molecule has 0 atom stereocenters. The Balaban J connectivity index is 3.07. The van der Waals surface area contributed by atoms with Crippen LogP contribution in [0.2, 0.25) is 37.3 Å². The SMILES string of the molecule is CC(C)C(=O)C/C(=C\C[Si](C)(C)c1ccccc1)O[Si](C)(C)C(C)(C)C. The number of benzene rings is 1. The van der Waals surface area contributed by atoms with Gasteiger partial charge in [-0.15, -0.1) is 0 Å². The Labute approximate surface area is 163 Å². The van der Waals surface area contributed by atoms with Crippen molar-refractivity contribution in [3.8, 4) is 0 Å². The second kappa shape index (κ2) is 8.70. The lowest BCUT2D eigenvalue weighted by atomic mass is 10.1. The first kappa shape index (κ1) is 22.9. The average Bonchev–Trinajstić information content (AvgIpc) is 2.52. The van der Waals surface area contributed by atoms with Crippen LogP contribution >= 0.6 is 0 Å². The van der Waals surface area contributed by atoms with Gasteiger partial charge in [-0.1, -0.05) is 89.3 Å². The van der Waals surface area contributed by atoms with Gasteiger partial charge in [0.2, 0.25) is 8.32 Å². The molecule has 0 aliphatic carbocycles. The van der Waals surface area contributed by atoms with Crippen LogP contribution < -0.4 is 5.19 Å². The third-order valence-corrected chi connectivity index (χ3v) is 13.1. The van der Waals surface area contributed by atoms with Gasteiger partial charge in [-0.05, 0) is 24.2 Å². The highest BCUT2D eigenvalue weighted by molar-refractivity contribution is 6.90. The minimum atomic E-state index is -1.95. The van der Waals surface area contributed by atoms with Gasteiger partial charge in [-0.2, -0.15) is 0 Å². The Bertz CT molecular complexity index is 623. The van der Waals surface area contributed by atoms with Crippen LogP contribution in [0.5, 0.6) is 0 Å². The van der Waals surface area contributed by atoms with E-state index >= 15 is 0 Å². The maximum Gasteiger partial charge on any atom is 0.250 e. The van der Waals surface area contributed by atoms with Crippen molar-refractivity contribution in [2.45, 2.75) is 78.3 Å². The van der Waals surface area contributed by atoms with E-state index < -0.39 is 16.4 Å². The molecular weight excluding hydrogens is 352 g/mol. The van der Waals surface area contributed by atoms with Gasteiger partial charge in [0.05, 0.1) is 20.3 Å². The molecule has 0 saturated heterocycles. The zero-order valence-electron chi connectivity index (χ0n) is 18.3. The topological polar surface area (TPSA) is 26.3 Å². The number of carbonyl (C=O) groups excluding carboxylic acids is 1. The van der Waals surface area contributed by atoms with Crippen molar-refractivity contribution in [2.24, 2.45) is 5.92 Å². The molecule has 1 aromatic carbocycles. The number of rotatable bonds is 8. The maximum atomic E-state index is 12.4. The molecule has 2 nitrogen and oxygen atoms in total. The largest absolute Gasteiger partial charge is 0.546 e. The van der Waals surface area contributed by atoms with Crippen molar-refractivity contribution in [3.05, 3.63) is 42.2 Å². The number of allylic oxidation sites excluding steroid dienone is 2. The van der Waals surface area contributed by atoms with Crippen LogP contribution in [-0.2, 0) is 9.22 Å². The molecule has 0 aliphatic heterocycles. The molecule has 4 heteroatoms. The third-order valence-electron chi connectivity index (χ3n) is 5.58. The highest BCUT2D eigenvalue weighted by Crippen LogP contribution is 2.38. The van der Waals surface area contributed by atoms with Gasteiger partial charge in [-0.25, -0.2) is 0 Å². The molecule has 0 saturated carbocycles. The maximum absolute atomic E-state index is 12.4. The van der Waals surface area contributed by atoms with Crippen molar-refractivity contribution < 1.29 is 9.22 Å². The fraction of sp³-hybridized carbons (Fsp3) is 0.591. The van der Waals surface area contributed by atoms with Gasteiger partial charge in [0, 0.05) is 5.92 Å². The van der Waals surface area contributed by atoms with Gasteiger partial charge >= 0.3 is 0 Å². The van der Waals surface area contributed by atoms with E-state index in [9.17, 15) is 4.79 Å². The summed E-state index contributed by atoms with van der Waals surface area (Å²) in [5.41, 5.74) is 0. The quantitative estimate of drug-likeness (QED) is 0.394. The van der Waals surface area contributed by atoms with Gasteiger partial charge < -0.3 is 4.43 Å². The van der Waals surface area contributed by atoms with Gasteiger partial charge in [0.1, 0.15) is 5.78 Å². The summed E-state index contributed by atoms with van der Waals surface area (Å²) in [7, 11) is -3.54. The Kier molecular flexibility index (Phi) is 7.67. The fourth-order valence-electron chi connectivity index (χ4n) is 2.38. The van der Waals surface area contributed by atoms with Crippen molar-refractivity contribution in [1.82, 2.24) is 0 Å². The van der Waals surface area contributed by atoms with E-state index in [0.29, 0.717) is 6.42 Å². The molecule has 1 rings (SSSR count). The first-order chi connectivity index (χ1) is 11.8. The zero-order chi connectivity index (χ0) is 20.2. The summed E-state index contributed by atoms with van der Waals surface area (Å²) in [4.78, 5) is 12.4. The second-order valence-electron chi connectivity index (χ2n) is 9.78. The Morgan fingerprint density at radius 2 is 1.62 bits per heavy atom. The zero-order valence-corrected chi connectivity index (χ0v) is 20.3. The molecule has 26 heavy (non-hydrogen) atoms. The summed E-state index contributed by atoms with van der Waals surface area (Å²) in [5.74, 6) is 1.20. The molecule has 0 radical (unpaired) electrons. The van der Waals surface area contributed by atoms with Gasteiger partial charge in [0.25, 0.3) is 0 Å². The summed E-state index contributed by atoms with van der Waals surface area (Å²) in [5, 5.41) is 1.57. The van der Waals surface area contributed by atoms with Crippen LogP contribution in [0.4, 0.5) is 0 Å². The Morgan fingerprint density at radius 1 is 1.08 bits per heavy atom. The Morgan fingerprint density at radius 3 is 2.08 bits per heavy atom. The molecule has 0 aromatic heterocycles. The van der Waals surface area contributed by atoms with E-state index in [0.717, 1.165) is 11.8 Å². The number of hydrogen-bond acceptors (Lipinski definition) is 2. The van der Waals surface area contributed by atoms with Crippen LogP contribution in [0.15, 0.2) is 42.2 Å². The first-order valence-corrected chi connectivity index (χ1v) is 15.8. The van der Waals surface area contributed by atoms with Gasteiger partial charge in [0.15, 0.2) is 0 Å². The van der Waals surface area contributed by atoms with Crippen molar-refractivity contribution >= 4 is 27.4 Å². The number of carbonyl (C=O) groups is 1. The summed E-state index contributed by atoms with van der Waals surface area (Å²) in [6.07, 6.45) is 2.64. The number of hydrogen-bond donors (Lipinski definition) is 0. The summed E-state index contributed by atoms with van der Waals surface area (Å²) in [6.45, 7) is 19.9. The van der Waals surface area contributed by atoms with Crippen molar-refractivity contribution in [3.63, 3.8) is 0 Å². The van der Waals surface area contributed by atoms with Gasteiger partial charge in [-0.3, -0.25) is 4.79 Å². The van der Waals surface area contributed by atoms with Crippen LogP contribution in [0.3, 0.4) is 0 Å². The van der Waals surface area contributed by atoms with Crippen LogP contribution in [0, 0.1) is 5.92 Å². The molecule has 0 bridgehead atoms. The third kappa shape index (κ3) is 6.55. The second-order valence-corrected chi connectivity index (χ2v) is 19.3. The van der Waals surface area contributed by atoms with Crippen LogP contribution in [0.25, 0.3) is 0 Å². The predicted octanol–water partition coefficient (Wildman–Crippen LogP) is 6.12. The van der Waals surface area contributed by atoms with Crippen molar-refractivity contribution in [1.29, 1.82) is 0 Å². The minimum absolute atomic E-state index is 0.0424. The first-order valence-electron chi connectivity index (χ1n) is 9.72. The minimum Gasteiger partial charge on any atom is -0.546 e. The van der Waals surface area contributed by atoms with Crippen molar-refractivity contribution in [2.75, 3.05) is 0 Å². The van der Waals surface area contributed by atoms with E-state index in [-0.39, 0.29) is 16.7 Å². The molecule has 0 N–H and O–H groups in total. The summed E-state index contributed by atoms with van der Waals surface area (Å²) in [6, 6.07) is 11.7. The molecular formula is C22H38O2Si2. The van der Waals surface area contributed by atoms with E-state index in [1.165, 1.54) is 5.19 Å². The monoisotopic (exact) mass is 390 g/mol. The number of ketones is 1. The van der Waals surface area contributed by atoms with Crippen LogP contribution in [-0.4, -0.2) is 22.2 Å². The summed E-state index contributed by atoms with van der Waals surface area (Å²) >= 11 is 0. The molecule has 0 spiro atoms. The van der Waals surface area contributed by atoms with E-state index in [2.05, 4.69) is 83.4 Å². The fourth-order valence-corrected chi connectivity index (χ4v) is 5.57. The lowest BCUT2D eigenvalue weighted by Crippen LogP contribution is -2.42. The molecule has 0 amide bonds. The molecule has 0 fully saturated rings. The number of Topliss-reactive ketones (excluding diaryl/α,β-unsaturated/α-hetero) is 1. The molecule has 0 unspecified atom stereocenters. The summed E-state index contributed by atoms with van der Waals surface area (Å²) < 4.78 is 6.56. The normalized spacial score (nSPS) is 13.8. The molecule has 146 valence electrons. The highest BCUT2D eigenvalue weighted by atomic mass is 28.4. The average molecular weight is 391 g/mol. The lowest BCUT2D eigenvalue weighted by molar-refractivity contribution is -0.121. The lowest BCUT2D eigenvalue weighted by Gasteiger charge is -2.37. The smallest absolute Gasteiger partial charge is 0.250 e. The molecule has 0 heterocycles. The predicted molar refractivity (Wildman–Crippen MR) is 119 cm³/mol. The van der Waals surface area contributed by atoms with E-state index in [1.807, 2.05) is 13.8 Å². The van der Waals surface area contributed by atoms with Crippen LogP contribution in [0.1, 0.15) is 41.0 Å². The van der Waals surface area contributed by atoms with E-state index in [1.54, 1.807) is 0 Å². The highest BCUT2D eigenvalue weighted by Gasteiger charge is 2.39. The van der Waals surface area contributed by atoms with E-state index in [4.69, 9.17) is 4.43 Å². The standard InChI is InChI=1S/C22H38O2Si2/c1-18(2)21(23)17-19(24-26(8,9)22(3,4)5)15-16-25(6,7)20-13-11-10-12-14-20/h10-15,18H,16-17H2,1-9H3/b19-15+. The Hall–Kier alpha value is -1.14.